The number of halogens is 2. The van der Waals surface area contributed by atoms with Crippen molar-refractivity contribution in [3.8, 4) is 22.9 Å². The van der Waals surface area contributed by atoms with E-state index >= 15 is 4.39 Å². The van der Waals surface area contributed by atoms with Crippen molar-refractivity contribution in [3.05, 3.63) is 53.3 Å². The fourth-order valence-electron chi connectivity index (χ4n) is 6.57. The number of fused-ring (bicyclic) bond motifs is 4. The molecule has 0 aliphatic carbocycles. The Balaban J connectivity index is 1.40. The summed E-state index contributed by atoms with van der Waals surface area (Å²) in [5.74, 6) is 0.508. The van der Waals surface area contributed by atoms with E-state index in [0.717, 1.165) is 56.2 Å². The van der Waals surface area contributed by atoms with E-state index in [1.54, 1.807) is 18.2 Å². The third-order valence-corrected chi connectivity index (χ3v) is 8.74. The molecule has 1 unspecified atom stereocenters. The van der Waals surface area contributed by atoms with Crippen molar-refractivity contribution in [2.45, 2.75) is 37.8 Å². The molecule has 0 amide bonds. The van der Waals surface area contributed by atoms with Crippen LogP contribution < -0.4 is 20.3 Å². The molecule has 3 N–H and O–H groups in total. The van der Waals surface area contributed by atoms with E-state index in [-0.39, 0.29) is 33.4 Å². The highest BCUT2D eigenvalue weighted by Crippen LogP contribution is 2.43. The molecule has 9 heteroatoms. The summed E-state index contributed by atoms with van der Waals surface area (Å²) in [6, 6.07) is 13.1. The van der Waals surface area contributed by atoms with Crippen LogP contribution in [0.2, 0.25) is 5.02 Å². The SMILES string of the molecule is C[C@]12CCC(CN(c3nc(OC[C@H]4CCNC4)nc4c(F)c(-c5cc(O)cc6ccccc56)c(Cl)cc34)C1)N2. The fourth-order valence-corrected chi connectivity index (χ4v) is 6.86. The van der Waals surface area contributed by atoms with Gasteiger partial charge in [0.05, 0.1) is 11.6 Å². The van der Waals surface area contributed by atoms with Gasteiger partial charge in [-0.3, -0.25) is 0 Å². The number of ether oxygens (including phenoxy) is 1. The van der Waals surface area contributed by atoms with Crippen molar-refractivity contribution >= 4 is 39.1 Å². The topological polar surface area (TPSA) is 82.5 Å². The Bertz CT molecular complexity index is 1590. The fraction of sp³-hybridized carbons (Fsp3) is 0.400. The third kappa shape index (κ3) is 4.44. The predicted octanol–water partition coefficient (Wildman–Crippen LogP) is 5.27. The number of phenols is 1. The molecule has 39 heavy (non-hydrogen) atoms. The largest absolute Gasteiger partial charge is 0.508 e. The zero-order chi connectivity index (χ0) is 26.7. The molecule has 3 fully saturated rings. The molecule has 0 radical (unpaired) electrons. The summed E-state index contributed by atoms with van der Waals surface area (Å²) in [5, 5.41) is 19.9. The van der Waals surface area contributed by atoms with Crippen LogP contribution in [0.25, 0.3) is 32.8 Å². The molecule has 3 atom stereocenters. The van der Waals surface area contributed by atoms with E-state index in [0.29, 0.717) is 35.3 Å². The van der Waals surface area contributed by atoms with Gasteiger partial charge in [0.15, 0.2) is 5.82 Å². The molecule has 7 rings (SSSR count). The van der Waals surface area contributed by atoms with Gasteiger partial charge in [-0.05, 0) is 67.3 Å². The number of rotatable bonds is 5. The summed E-state index contributed by atoms with van der Waals surface area (Å²) in [6.07, 6.45) is 3.20. The van der Waals surface area contributed by atoms with E-state index in [4.69, 9.17) is 21.3 Å². The second-order valence-electron chi connectivity index (χ2n) is 11.5. The van der Waals surface area contributed by atoms with E-state index in [1.165, 1.54) is 0 Å². The zero-order valence-electron chi connectivity index (χ0n) is 21.8. The molecule has 4 aromatic rings. The molecule has 3 aliphatic heterocycles. The number of hydrogen-bond acceptors (Lipinski definition) is 7. The van der Waals surface area contributed by atoms with Crippen molar-refractivity contribution in [3.63, 3.8) is 0 Å². The molecule has 1 aromatic heterocycles. The molecule has 3 aromatic carbocycles. The average Bonchev–Trinajstić information content (AvgIpc) is 3.53. The Hall–Kier alpha value is -3.20. The van der Waals surface area contributed by atoms with Gasteiger partial charge in [-0.15, -0.1) is 0 Å². The molecule has 3 aliphatic rings. The van der Waals surface area contributed by atoms with E-state index in [2.05, 4.69) is 27.4 Å². The third-order valence-electron chi connectivity index (χ3n) is 8.45. The summed E-state index contributed by atoms with van der Waals surface area (Å²) >= 11 is 6.84. The van der Waals surface area contributed by atoms with Gasteiger partial charge in [-0.1, -0.05) is 35.9 Å². The smallest absolute Gasteiger partial charge is 0.319 e. The Morgan fingerprint density at radius 3 is 2.87 bits per heavy atom. The lowest BCUT2D eigenvalue weighted by molar-refractivity contribution is 0.242. The Morgan fingerprint density at radius 2 is 2.05 bits per heavy atom. The van der Waals surface area contributed by atoms with Gasteiger partial charge in [0, 0.05) is 48.1 Å². The highest BCUT2D eigenvalue weighted by molar-refractivity contribution is 6.35. The number of benzene rings is 3. The van der Waals surface area contributed by atoms with E-state index in [9.17, 15) is 5.11 Å². The average molecular weight is 548 g/mol. The standard InChI is InChI=1S/C30H31ClFN5O2/c1-30-8-6-19(36-30)14-37(16-30)28-23-12-24(31)25(22-11-20(38)10-18-4-2-3-5-21(18)22)26(32)27(23)34-29(35-28)39-15-17-7-9-33-13-17/h2-5,10-12,17,19,33,36,38H,6-9,13-16H2,1H3/t17-,19?,30-/m0/s1. The first-order chi connectivity index (χ1) is 18.9. The van der Waals surface area contributed by atoms with Crippen LogP contribution in [0.5, 0.6) is 11.8 Å². The quantitative estimate of drug-likeness (QED) is 0.314. The first-order valence-electron chi connectivity index (χ1n) is 13.6. The summed E-state index contributed by atoms with van der Waals surface area (Å²) in [6.45, 7) is 6.07. The number of phenolic OH excluding ortho intramolecular Hbond substituents is 1. The maximum absolute atomic E-state index is 16.6. The van der Waals surface area contributed by atoms with Gasteiger partial charge in [-0.2, -0.15) is 9.97 Å². The maximum atomic E-state index is 16.6. The number of hydrogen-bond donors (Lipinski definition) is 3. The molecule has 2 bridgehead atoms. The van der Waals surface area contributed by atoms with Crippen LogP contribution in [-0.2, 0) is 0 Å². The number of nitrogens with zero attached hydrogens (tertiary/aromatic N) is 3. The summed E-state index contributed by atoms with van der Waals surface area (Å²) in [4.78, 5) is 11.7. The van der Waals surface area contributed by atoms with Gasteiger partial charge in [-0.25, -0.2) is 4.39 Å². The highest BCUT2D eigenvalue weighted by atomic mass is 35.5. The molecule has 4 heterocycles. The molecular weight excluding hydrogens is 517 g/mol. The van der Waals surface area contributed by atoms with E-state index in [1.807, 2.05) is 24.3 Å². The van der Waals surface area contributed by atoms with Crippen molar-refractivity contribution < 1.29 is 14.2 Å². The van der Waals surface area contributed by atoms with Gasteiger partial charge >= 0.3 is 6.01 Å². The maximum Gasteiger partial charge on any atom is 0.319 e. The Kier molecular flexibility index (Phi) is 6.02. The molecule has 0 saturated carbocycles. The lowest BCUT2D eigenvalue weighted by Gasteiger charge is -2.40. The molecule has 202 valence electrons. The van der Waals surface area contributed by atoms with Gasteiger partial charge < -0.3 is 25.4 Å². The number of aromatic hydroxyl groups is 1. The van der Waals surface area contributed by atoms with Gasteiger partial charge in [0.25, 0.3) is 0 Å². The minimum absolute atomic E-state index is 0.0283. The van der Waals surface area contributed by atoms with Crippen LogP contribution in [0.4, 0.5) is 10.2 Å². The van der Waals surface area contributed by atoms with Crippen LogP contribution in [0.15, 0.2) is 42.5 Å². The first-order valence-corrected chi connectivity index (χ1v) is 14.0. The Labute approximate surface area is 231 Å². The molecule has 3 saturated heterocycles. The van der Waals surface area contributed by atoms with Crippen LogP contribution in [0.1, 0.15) is 26.2 Å². The van der Waals surface area contributed by atoms with Crippen molar-refractivity contribution in [1.29, 1.82) is 0 Å². The second kappa shape index (κ2) is 9.47. The number of anilines is 1. The van der Waals surface area contributed by atoms with Gasteiger partial charge in [0.1, 0.15) is 17.1 Å². The second-order valence-corrected chi connectivity index (χ2v) is 11.9. The molecule has 0 spiro atoms. The normalized spacial score (nSPS) is 24.6. The number of aromatic nitrogens is 2. The van der Waals surface area contributed by atoms with Crippen LogP contribution in [-0.4, -0.2) is 59.4 Å². The number of piperazine rings is 1. The lowest BCUT2D eigenvalue weighted by atomic mass is 9.96. The monoisotopic (exact) mass is 547 g/mol. The lowest BCUT2D eigenvalue weighted by Crippen LogP contribution is -2.58. The van der Waals surface area contributed by atoms with Gasteiger partial charge in [0.2, 0.25) is 0 Å². The van der Waals surface area contributed by atoms with Crippen molar-refractivity contribution in [2.75, 3.05) is 37.7 Å². The van der Waals surface area contributed by atoms with Crippen molar-refractivity contribution in [1.82, 2.24) is 20.6 Å². The summed E-state index contributed by atoms with van der Waals surface area (Å²) in [7, 11) is 0. The molecular formula is C30H31ClFN5O2. The minimum atomic E-state index is -0.548. The molecule has 7 nitrogen and oxygen atoms in total. The minimum Gasteiger partial charge on any atom is -0.508 e. The number of nitrogens with one attached hydrogen (secondary N) is 2. The van der Waals surface area contributed by atoms with Crippen molar-refractivity contribution in [2.24, 2.45) is 5.92 Å². The van der Waals surface area contributed by atoms with Crippen LogP contribution in [0.3, 0.4) is 0 Å². The Morgan fingerprint density at radius 1 is 1.18 bits per heavy atom. The van der Waals surface area contributed by atoms with E-state index < -0.39 is 5.82 Å². The summed E-state index contributed by atoms with van der Waals surface area (Å²) in [5.41, 5.74) is 0.864. The zero-order valence-corrected chi connectivity index (χ0v) is 22.6. The van der Waals surface area contributed by atoms with Crippen LogP contribution in [0, 0.1) is 11.7 Å². The highest BCUT2D eigenvalue weighted by Gasteiger charge is 2.42. The predicted molar refractivity (Wildman–Crippen MR) is 152 cm³/mol. The summed E-state index contributed by atoms with van der Waals surface area (Å²) < 4.78 is 22.7. The van der Waals surface area contributed by atoms with Crippen LogP contribution >= 0.6 is 11.6 Å². The first kappa shape index (κ1) is 24.8.